The zero-order valence-corrected chi connectivity index (χ0v) is 12.4. The highest BCUT2D eigenvalue weighted by atomic mass is 14.5. The highest BCUT2D eigenvalue weighted by molar-refractivity contribution is 5.29. The van der Waals surface area contributed by atoms with Crippen LogP contribution in [0.1, 0.15) is 58.3 Å². The molecule has 0 N–H and O–H groups in total. The van der Waals surface area contributed by atoms with E-state index in [2.05, 4.69) is 19.6 Å². The SMILES string of the molecule is C=C1C=C2CCC3C(CCC4C(C)CCC43)C2CC1. The van der Waals surface area contributed by atoms with Crippen molar-refractivity contribution < 1.29 is 0 Å². The molecule has 0 saturated heterocycles. The van der Waals surface area contributed by atoms with Gasteiger partial charge in [-0.05, 0) is 80.5 Å². The summed E-state index contributed by atoms with van der Waals surface area (Å²) < 4.78 is 0. The van der Waals surface area contributed by atoms with Crippen LogP contribution in [-0.4, -0.2) is 0 Å². The molecule has 3 fully saturated rings. The largest absolute Gasteiger partial charge is 0.0958 e. The molecule has 0 bridgehead atoms. The number of hydrogen-bond donors (Lipinski definition) is 0. The summed E-state index contributed by atoms with van der Waals surface area (Å²) in [7, 11) is 0. The van der Waals surface area contributed by atoms with Gasteiger partial charge in [0.1, 0.15) is 0 Å². The molecule has 4 rings (SSSR count). The maximum Gasteiger partial charge on any atom is -0.0166 e. The smallest absolute Gasteiger partial charge is 0.0166 e. The molecule has 0 aliphatic heterocycles. The van der Waals surface area contributed by atoms with Gasteiger partial charge in [-0.15, -0.1) is 0 Å². The van der Waals surface area contributed by atoms with E-state index in [1.165, 1.54) is 50.5 Å². The Morgan fingerprint density at radius 1 is 0.842 bits per heavy atom. The molecule has 0 aromatic heterocycles. The van der Waals surface area contributed by atoms with E-state index in [1.807, 2.05) is 0 Å². The first-order valence-corrected chi connectivity index (χ1v) is 8.62. The van der Waals surface area contributed by atoms with Gasteiger partial charge in [0.2, 0.25) is 0 Å². The van der Waals surface area contributed by atoms with Crippen molar-refractivity contribution in [3.8, 4) is 0 Å². The van der Waals surface area contributed by atoms with Gasteiger partial charge in [0.05, 0.1) is 0 Å². The van der Waals surface area contributed by atoms with Gasteiger partial charge in [-0.2, -0.15) is 0 Å². The third kappa shape index (κ3) is 1.86. The third-order valence-electron chi connectivity index (χ3n) is 7.09. The average Bonchev–Trinajstić information content (AvgIpc) is 2.80. The van der Waals surface area contributed by atoms with Crippen LogP contribution in [0.15, 0.2) is 23.8 Å². The minimum atomic E-state index is 0.945. The first-order valence-electron chi connectivity index (χ1n) is 8.62. The fraction of sp³-hybridized carbons (Fsp3) is 0.789. The molecule has 0 heterocycles. The Morgan fingerprint density at radius 2 is 1.58 bits per heavy atom. The summed E-state index contributed by atoms with van der Waals surface area (Å²) in [5.74, 6) is 6.28. The van der Waals surface area contributed by atoms with Crippen LogP contribution in [0.25, 0.3) is 0 Å². The van der Waals surface area contributed by atoms with Crippen molar-refractivity contribution in [2.45, 2.75) is 58.3 Å². The molecule has 104 valence electrons. The zero-order chi connectivity index (χ0) is 13.0. The van der Waals surface area contributed by atoms with Gasteiger partial charge in [0.15, 0.2) is 0 Å². The molecule has 0 nitrogen and oxygen atoms in total. The summed E-state index contributed by atoms with van der Waals surface area (Å²) >= 11 is 0. The Labute approximate surface area is 118 Å². The summed E-state index contributed by atoms with van der Waals surface area (Å²) in [6, 6.07) is 0. The molecule has 19 heavy (non-hydrogen) atoms. The Balaban J connectivity index is 1.60. The van der Waals surface area contributed by atoms with Gasteiger partial charge in [-0.1, -0.05) is 37.1 Å². The maximum absolute atomic E-state index is 4.20. The predicted octanol–water partition coefficient (Wildman–Crippen LogP) is 5.36. The molecule has 0 spiro atoms. The minimum absolute atomic E-state index is 0.945. The van der Waals surface area contributed by atoms with E-state index in [4.69, 9.17) is 0 Å². The van der Waals surface area contributed by atoms with Gasteiger partial charge in [0, 0.05) is 0 Å². The minimum Gasteiger partial charge on any atom is -0.0958 e. The first-order chi connectivity index (χ1) is 9.24. The molecule has 6 unspecified atom stereocenters. The van der Waals surface area contributed by atoms with E-state index in [0.29, 0.717) is 0 Å². The van der Waals surface area contributed by atoms with Crippen molar-refractivity contribution in [3.05, 3.63) is 23.8 Å². The van der Waals surface area contributed by atoms with E-state index < -0.39 is 0 Å². The van der Waals surface area contributed by atoms with Crippen LogP contribution in [0.2, 0.25) is 0 Å². The summed E-state index contributed by atoms with van der Waals surface area (Å²) in [6.45, 7) is 6.71. The lowest BCUT2D eigenvalue weighted by molar-refractivity contribution is 0.0410. The Bertz CT molecular complexity index is 416. The van der Waals surface area contributed by atoms with Gasteiger partial charge in [-0.3, -0.25) is 0 Å². The van der Waals surface area contributed by atoms with Crippen molar-refractivity contribution >= 4 is 0 Å². The second-order valence-corrected chi connectivity index (χ2v) is 7.85. The van der Waals surface area contributed by atoms with Crippen molar-refractivity contribution in [1.82, 2.24) is 0 Å². The van der Waals surface area contributed by atoms with Gasteiger partial charge in [-0.25, -0.2) is 0 Å². The highest BCUT2D eigenvalue weighted by Gasteiger charge is 2.48. The number of rotatable bonds is 0. The lowest BCUT2D eigenvalue weighted by atomic mass is 9.55. The molecule has 0 heteroatoms. The summed E-state index contributed by atoms with van der Waals surface area (Å²) in [5.41, 5.74) is 3.18. The molecular weight excluding hydrogens is 228 g/mol. The monoisotopic (exact) mass is 256 g/mol. The fourth-order valence-corrected chi connectivity index (χ4v) is 6.23. The van der Waals surface area contributed by atoms with Crippen LogP contribution in [0.3, 0.4) is 0 Å². The number of hydrogen-bond acceptors (Lipinski definition) is 0. The molecule has 0 amide bonds. The summed E-state index contributed by atoms with van der Waals surface area (Å²) in [6.07, 6.45) is 14.2. The molecule has 6 atom stereocenters. The van der Waals surface area contributed by atoms with Crippen molar-refractivity contribution in [2.75, 3.05) is 0 Å². The molecule has 0 aromatic carbocycles. The van der Waals surface area contributed by atoms with Gasteiger partial charge >= 0.3 is 0 Å². The standard InChI is InChI=1S/C19H28/c1-12-3-6-16-14(11-12)5-8-19-17-7-4-13(2)15(17)9-10-18(16)19/h11,13,15-19H,1,3-10H2,2H3. The van der Waals surface area contributed by atoms with Crippen molar-refractivity contribution in [1.29, 1.82) is 0 Å². The van der Waals surface area contributed by atoms with E-state index in [9.17, 15) is 0 Å². The maximum atomic E-state index is 4.20. The number of fused-ring (bicyclic) bond motifs is 5. The topological polar surface area (TPSA) is 0 Å². The Morgan fingerprint density at radius 3 is 2.47 bits per heavy atom. The van der Waals surface area contributed by atoms with E-state index >= 15 is 0 Å². The van der Waals surface area contributed by atoms with Crippen molar-refractivity contribution in [3.63, 3.8) is 0 Å². The van der Waals surface area contributed by atoms with E-state index in [-0.39, 0.29) is 0 Å². The number of allylic oxidation sites excluding steroid dienone is 3. The second kappa shape index (κ2) is 4.50. The molecule has 4 aliphatic carbocycles. The van der Waals surface area contributed by atoms with Crippen LogP contribution in [0.4, 0.5) is 0 Å². The average molecular weight is 256 g/mol. The molecule has 0 aromatic rings. The van der Waals surface area contributed by atoms with Crippen LogP contribution in [-0.2, 0) is 0 Å². The Hall–Kier alpha value is -0.520. The van der Waals surface area contributed by atoms with Crippen LogP contribution in [0, 0.1) is 35.5 Å². The summed E-state index contributed by atoms with van der Waals surface area (Å²) in [5, 5.41) is 0. The third-order valence-corrected chi connectivity index (χ3v) is 7.09. The van der Waals surface area contributed by atoms with Crippen LogP contribution < -0.4 is 0 Å². The molecule has 4 aliphatic rings. The first kappa shape index (κ1) is 12.2. The fourth-order valence-electron chi connectivity index (χ4n) is 6.23. The van der Waals surface area contributed by atoms with E-state index in [1.54, 1.807) is 12.0 Å². The zero-order valence-electron chi connectivity index (χ0n) is 12.4. The van der Waals surface area contributed by atoms with Crippen molar-refractivity contribution in [2.24, 2.45) is 35.5 Å². The second-order valence-electron chi connectivity index (χ2n) is 7.85. The van der Waals surface area contributed by atoms with Crippen LogP contribution >= 0.6 is 0 Å². The molecular formula is C19H28. The Kier molecular flexibility index (Phi) is 2.90. The van der Waals surface area contributed by atoms with E-state index in [0.717, 1.165) is 35.5 Å². The van der Waals surface area contributed by atoms with Gasteiger partial charge in [0.25, 0.3) is 0 Å². The highest BCUT2D eigenvalue weighted by Crippen LogP contribution is 2.58. The van der Waals surface area contributed by atoms with Crippen LogP contribution in [0.5, 0.6) is 0 Å². The van der Waals surface area contributed by atoms with Gasteiger partial charge < -0.3 is 0 Å². The lowest BCUT2D eigenvalue weighted by Crippen LogP contribution is -2.41. The normalized spacial score (nSPS) is 49.1. The molecule has 3 saturated carbocycles. The lowest BCUT2D eigenvalue weighted by Gasteiger charge is -2.50. The molecule has 0 radical (unpaired) electrons. The predicted molar refractivity (Wildman–Crippen MR) is 80.8 cm³/mol. The quantitative estimate of drug-likeness (QED) is 0.547. The summed E-state index contributed by atoms with van der Waals surface area (Å²) in [4.78, 5) is 0.